The van der Waals surface area contributed by atoms with E-state index >= 15 is 0 Å². The molecule has 2 rings (SSSR count). The molecule has 0 amide bonds. The lowest BCUT2D eigenvalue weighted by atomic mass is 10.1. The van der Waals surface area contributed by atoms with Crippen molar-refractivity contribution in [2.75, 3.05) is 6.54 Å². The van der Waals surface area contributed by atoms with Crippen molar-refractivity contribution in [3.8, 4) is 0 Å². The van der Waals surface area contributed by atoms with Gasteiger partial charge in [0.25, 0.3) is 0 Å². The molecule has 2 N–H and O–H groups in total. The number of hydrogen-bond acceptors (Lipinski definition) is 1. The summed E-state index contributed by atoms with van der Waals surface area (Å²) in [6.45, 7) is 2.37. The zero-order chi connectivity index (χ0) is 13.6. The molecule has 0 unspecified atom stereocenters. The number of para-hydroxylation sites is 1. The van der Waals surface area contributed by atoms with Crippen LogP contribution in [0.25, 0.3) is 10.9 Å². The first kappa shape index (κ1) is 5.56. The van der Waals surface area contributed by atoms with Crippen molar-refractivity contribution in [3.63, 3.8) is 0 Å². The molecule has 14 heavy (non-hydrogen) atoms. The molecule has 0 saturated carbocycles. The predicted octanol–water partition coefficient (Wildman–Crippen LogP) is 1.99. The lowest BCUT2D eigenvalue weighted by Gasteiger charge is -1.99. The summed E-state index contributed by atoms with van der Waals surface area (Å²) in [7, 11) is 1.82. The summed E-state index contributed by atoms with van der Waals surface area (Å²) >= 11 is 0. The van der Waals surface area contributed by atoms with E-state index in [1.165, 1.54) is 0 Å². The highest BCUT2D eigenvalue weighted by Crippen LogP contribution is 2.24. The van der Waals surface area contributed by atoms with Gasteiger partial charge in [-0.05, 0) is 31.5 Å². The van der Waals surface area contributed by atoms with Gasteiger partial charge in [0.1, 0.15) is 0 Å². The quantitative estimate of drug-likeness (QED) is 0.775. The van der Waals surface area contributed by atoms with Gasteiger partial charge in [0, 0.05) is 23.6 Å². The molecule has 2 aromatic rings. The lowest BCUT2D eigenvalue weighted by molar-refractivity contribution is 0.882. The van der Waals surface area contributed by atoms with E-state index in [-0.39, 0.29) is 24.2 Å². The van der Waals surface area contributed by atoms with E-state index < -0.39 is 0 Å². The maximum atomic E-state index is 8.01. The van der Waals surface area contributed by atoms with Crippen LogP contribution in [0.5, 0.6) is 0 Å². The van der Waals surface area contributed by atoms with E-state index in [0.29, 0.717) is 23.9 Å². The van der Waals surface area contributed by atoms with Crippen molar-refractivity contribution in [3.05, 3.63) is 35.4 Å². The zero-order valence-corrected chi connectivity index (χ0v) is 8.44. The van der Waals surface area contributed by atoms with Gasteiger partial charge in [0.15, 0.2) is 0 Å². The van der Waals surface area contributed by atoms with Gasteiger partial charge in [-0.3, -0.25) is 0 Å². The zero-order valence-electron chi connectivity index (χ0n) is 12.4. The second-order valence-electron chi connectivity index (χ2n) is 3.39. The van der Waals surface area contributed by atoms with Gasteiger partial charge in [-0.25, -0.2) is 0 Å². The maximum absolute atomic E-state index is 8.01. The van der Waals surface area contributed by atoms with Crippen LogP contribution in [0, 0.1) is 6.92 Å². The fourth-order valence-corrected chi connectivity index (χ4v) is 1.78. The largest absolute Gasteiger partial charge is 0.348 e. The Hall–Kier alpha value is -1.28. The second kappa shape index (κ2) is 3.46. The Morgan fingerprint density at radius 1 is 1.43 bits per heavy atom. The number of hydrogen-bond donors (Lipinski definition) is 1. The number of aromatic nitrogens is 1. The number of fused-ring (bicyclic) bond motifs is 1. The summed E-state index contributed by atoms with van der Waals surface area (Å²) in [6.07, 6.45) is 0.616. The normalized spacial score (nSPS) is 15.1. The molecule has 0 atom stereocenters. The molecule has 1 aromatic carbocycles. The SMILES string of the molecule is [2H]c1c([2H])c([2H])c2c(c1[2H])c(CCN)c(C)n2C. The first-order chi connectivity index (χ1) is 8.41. The predicted molar refractivity (Wildman–Crippen MR) is 60.4 cm³/mol. The van der Waals surface area contributed by atoms with E-state index in [9.17, 15) is 0 Å². The van der Waals surface area contributed by atoms with Crippen LogP contribution in [0.2, 0.25) is 0 Å². The molecule has 0 bridgehead atoms. The summed E-state index contributed by atoms with van der Waals surface area (Å²) in [5, 5.41) is 0.603. The van der Waals surface area contributed by atoms with Gasteiger partial charge in [-0.15, -0.1) is 0 Å². The molecule has 0 spiro atoms. The van der Waals surface area contributed by atoms with Crippen LogP contribution < -0.4 is 5.73 Å². The summed E-state index contributed by atoms with van der Waals surface area (Å²) < 4.78 is 33.2. The molecule has 0 saturated heterocycles. The van der Waals surface area contributed by atoms with Crippen LogP contribution in [-0.4, -0.2) is 11.1 Å². The fourth-order valence-electron chi connectivity index (χ4n) is 1.78. The van der Waals surface area contributed by atoms with Crippen molar-refractivity contribution in [2.45, 2.75) is 13.3 Å². The first-order valence-electron chi connectivity index (χ1n) is 6.66. The van der Waals surface area contributed by atoms with Crippen molar-refractivity contribution in [2.24, 2.45) is 12.8 Å². The Kier molecular flexibility index (Phi) is 1.38. The van der Waals surface area contributed by atoms with Crippen molar-refractivity contribution in [1.29, 1.82) is 0 Å². The molecule has 2 heteroatoms. The summed E-state index contributed by atoms with van der Waals surface area (Å²) in [5.41, 5.74) is 8.01. The number of benzene rings is 1. The van der Waals surface area contributed by atoms with Crippen LogP contribution in [0.15, 0.2) is 24.2 Å². The van der Waals surface area contributed by atoms with Crippen molar-refractivity contribution in [1.82, 2.24) is 4.57 Å². The highest BCUT2D eigenvalue weighted by molar-refractivity contribution is 5.85. The highest BCUT2D eigenvalue weighted by Gasteiger charge is 2.09. The molecular formula is C12H16N2. The smallest absolute Gasteiger partial charge is 0.0645 e. The van der Waals surface area contributed by atoms with Gasteiger partial charge in [0.2, 0.25) is 0 Å². The third-order valence-corrected chi connectivity index (χ3v) is 2.64. The molecule has 0 radical (unpaired) electrons. The number of nitrogens with two attached hydrogens (primary N) is 1. The van der Waals surface area contributed by atoms with E-state index in [1.807, 2.05) is 18.5 Å². The van der Waals surface area contributed by atoms with Gasteiger partial charge < -0.3 is 10.3 Å². The molecule has 0 aliphatic carbocycles. The fraction of sp³-hybridized carbons (Fsp3) is 0.333. The maximum Gasteiger partial charge on any atom is 0.0645 e. The monoisotopic (exact) mass is 192 g/mol. The van der Waals surface area contributed by atoms with Gasteiger partial charge in [0.05, 0.1) is 5.48 Å². The Balaban J connectivity index is 3.01. The third-order valence-electron chi connectivity index (χ3n) is 2.64. The standard InChI is InChI=1S/C12H16N2/c1-9-10(7-8-13)11-5-3-4-6-12(11)14(9)2/h3-6H,7-8,13H2,1-2H3/i3D,4D,5D,6D. The average Bonchev–Trinajstić information content (AvgIpc) is 2.59. The van der Waals surface area contributed by atoms with Gasteiger partial charge in [-0.1, -0.05) is 18.1 Å². The van der Waals surface area contributed by atoms with Crippen LogP contribution in [0.4, 0.5) is 0 Å². The molecule has 0 aliphatic rings. The van der Waals surface area contributed by atoms with E-state index in [0.717, 1.165) is 11.3 Å². The molecule has 0 fully saturated rings. The topological polar surface area (TPSA) is 30.9 Å². The minimum atomic E-state index is -0.188. The Bertz CT molecular complexity index is 631. The number of rotatable bonds is 2. The summed E-state index contributed by atoms with van der Waals surface area (Å²) in [5.74, 6) is 0. The molecule has 0 aliphatic heterocycles. The summed E-state index contributed by atoms with van der Waals surface area (Å²) in [6, 6.07) is -0.332. The highest BCUT2D eigenvalue weighted by atomic mass is 14.9. The Labute approximate surface area is 90.0 Å². The van der Waals surface area contributed by atoms with Crippen LogP contribution in [0.1, 0.15) is 16.7 Å². The van der Waals surface area contributed by atoms with E-state index in [4.69, 9.17) is 11.2 Å². The molecule has 2 nitrogen and oxygen atoms in total. The van der Waals surface area contributed by atoms with E-state index in [1.54, 1.807) is 0 Å². The minimum absolute atomic E-state index is 0.0138. The second-order valence-corrected chi connectivity index (χ2v) is 3.39. The Morgan fingerprint density at radius 2 is 2.14 bits per heavy atom. The van der Waals surface area contributed by atoms with Crippen LogP contribution in [-0.2, 0) is 13.5 Å². The number of nitrogens with zero attached hydrogens (tertiary/aromatic N) is 1. The molecular weight excluding hydrogens is 172 g/mol. The van der Waals surface area contributed by atoms with Crippen LogP contribution in [0.3, 0.4) is 0 Å². The minimum Gasteiger partial charge on any atom is -0.348 e. The average molecular weight is 192 g/mol. The lowest BCUT2D eigenvalue weighted by Crippen LogP contribution is -2.03. The Morgan fingerprint density at radius 3 is 2.86 bits per heavy atom. The van der Waals surface area contributed by atoms with Gasteiger partial charge in [-0.2, -0.15) is 0 Å². The van der Waals surface area contributed by atoms with Gasteiger partial charge >= 0.3 is 0 Å². The molecule has 1 heterocycles. The summed E-state index contributed by atoms with van der Waals surface area (Å²) in [4.78, 5) is 0. The van der Waals surface area contributed by atoms with Crippen molar-refractivity contribution >= 4 is 10.9 Å². The first-order valence-corrected chi connectivity index (χ1v) is 4.66. The molecule has 74 valence electrons. The molecule has 1 aromatic heterocycles. The number of aryl methyl sites for hydroxylation is 1. The van der Waals surface area contributed by atoms with Crippen LogP contribution >= 0.6 is 0 Å². The van der Waals surface area contributed by atoms with E-state index in [2.05, 4.69) is 0 Å². The third kappa shape index (κ3) is 1.23. The van der Waals surface area contributed by atoms with Crippen molar-refractivity contribution < 1.29 is 5.48 Å².